The lowest BCUT2D eigenvalue weighted by Crippen LogP contribution is -2.09. The Bertz CT molecular complexity index is 736. The highest BCUT2D eigenvalue weighted by atomic mass is 32.2. The Morgan fingerprint density at radius 3 is 2.70 bits per heavy atom. The second kappa shape index (κ2) is 5.64. The summed E-state index contributed by atoms with van der Waals surface area (Å²) < 4.78 is 22.9. The molecule has 0 spiro atoms. The molecule has 7 heteroatoms. The van der Waals surface area contributed by atoms with Gasteiger partial charge in [-0.25, -0.2) is 8.42 Å². The van der Waals surface area contributed by atoms with Crippen LogP contribution in [0.1, 0.15) is 15.2 Å². The minimum atomic E-state index is -3.21. The molecular formula is C13H14N2O3S2. The first-order valence-electron chi connectivity index (χ1n) is 5.77. The molecule has 0 unspecified atom stereocenters. The molecule has 1 heterocycles. The van der Waals surface area contributed by atoms with E-state index in [1.54, 1.807) is 35.7 Å². The number of hydrogen-bond donors (Lipinski definition) is 2. The van der Waals surface area contributed by atoms with Crippen molar-refractivity contribution < 1.29 is 13.2 Å². The number of amides is 1. The van der Waals surface area contributed by atoms with Crippen molar-refractivity contribution in [3.8, 4) is 0 Å². The maximum atomic E-state index is 11.5. The van der Waals surface area contributed by atoms with E-state index >= 15 is 0 Å². The van der Waals surface area contributed by atoms with Crippen LogP contribution in [-0.4, -0.2) is 20.6 Å². The number of carbonyl (C=O) groups is 1. The molecule has 5 nitrogen and oxygen atoms in total. The van der Waals surface area contributed by atoms with Gasteiger partial charge in [-0.1, -0.05) is 6.07 Å². The second-order valence-corrected chi connectivity index (χ2v) is 7.33. The lowest BCUT2D eigenvalue weighted by atomic mass is 10.3. The molecule has 0 saturated carbocycles. The number of rotatable bonds is 5. The van der Waals surface area contributed by atoms with Gasteiger partial charge in [0.2, 0.25) is 5.91 Å². The summed E-state index contributed by atoms with van der Waals surface area (Å²) in [6.45, 7) is 0.505. The number of carbonyl (C=O) groups excluding carboxylic acids is 1. The van der Waals surface area contributed by atoms with Crippen LogP contribution in [0.25, 0.3) is 0 Å². The van der Waals surface area contributed by atoms with Crippen LogP contribution in [0.2, 0.25) is 0 Å². The van der Waals surface area contributed by atoms with Crippen LogP contribution in [0, 0.1) is 0 Å². The first-order chi connectivity index (χ1) is 9.36. The average molecular weight is 310 g/mol. The van der Waals surface area contributed by atoms with Gasteiger partial charge in [0.15, 0.2) is 9.84 Å². The molecule has 0 atom stereocenters. The zero-order chi connectivity index (χ0) is 14.8. The van der Waals surface area contributed by atoms with Crippen molar-refractivity contribution in [2.75, 3.05) is 11.6 Å². The van der Waals surface area contributed by atoms with Crippen molar-refractivity contribution in [1.29, 1.82) is 0 Å². The van der Waals surface area contributed by atoms with Crippen LogP contribution in [0.15, 0.2) is 40.6 Å². The van der Waals surface area contributed by atoms with Crippen molar-refractivity contribution >= 4 is 32.8 Å². The van der Waals surface area contributed by atoms with E-state index in [1.807, 2.05) is 0 Å². The third-order valence-electron chi connectivity index (χ3n) is 2.67. The molecule has 2 rings (SSSR count). The maximum Gasteiger partial charge on any atom is 0.249 e. The Hall–Kier alpha value is -1.86. The summed E-state index contributed by atoms with van der Waals surface area (Å²) in [7, 11) is -3.21. The molecule has 106 valence electrons. The van der Waals surface area contributed by atoms with Crippen LogP contribution >= 0.6 is 11.3 Å². The summed E-state index contributed by atoms with van der Waals surface area (Å²) in [6.07, 6.45) is 1.17. The van der Waals surface area contributed by atoms with Gasteiger partial charge in [-0.05, 0) is 24.3 Å². The number of anilines is 1. The minimum absolute atomic E-state index is 0.270. The molecule has 0 aliphatic rings. The van der Waals surface area contributed by atoms with Crippen molar-refractivity contribution in [2.45, 2.75) is 11.4 Å². The first kappa shape index (κ1) is 14.5. The van der Waals surface area contributed by atoms with E-state index in [1.165, 1.54) is 17.6 Å². The highest BCUT2D eigenvalue weighted by molar-refractivity contribution is 7.90. The van der Waals surface area contributed by atoms with Crippen molar-refractivity contribution in [3.63, 3.8) is 0 Å². The molecule has 0 bridgehead atoms. The Kier molecular flexibility index (Phi) is 4.10. The molecule has 20 heavy (non-hydrogen) atoms. The first-order valence-corrected chi connectivity index (χ1v) is 8.54. The van der Waals surface area contributed by atoms with E-state index in [2.05, 4.69) is 5.32 Å². The molecule has 1 aromatic heterocycles. The third-order valence-corrected chi connectivity index (χ3v) is 4.71. The van der Waals surface area contributed by atoms with Crippen molar-refractivity contribution in [2.24, 2.45) is 5.73 Å². The summed E-state index contributed by atoms with van der Waals surface area (Å²) in [5.41, 5.74) is 6.38. The SMILES string of the molecule is CS(=O)(=O)c1cccc(NCc2cc(C(N)=O)cs2)c1. The lowest BCUT2D eigenvalue weighted by Gasteiger charge is -2.06. The molecule has 0 radical (unpaired) electrons. The predicted molar refractivity (Wildman–Crippen MR) is 79.7 cm³/mol. The highest BCUT2D eigenvalue weighted by Crippen LogP contribution is 2.19. The van der Waals surface area contributed by atoms with Crippen molar-refractivity contribution in [3.05, 3.63) is 46.2 Å². The van der Waals surface area contributed by atoms with Crippen LogP contribution in [-0.2, 0) is 16.4 Å². The predicted octanol–water partition coefficient (Wildman–Crippen LogP) is 1.86. The quantitative estimate of drug-likeness (QED) is 0.882. The Morgan fingerprint density at radius 1 is 1.35 bits per heavy atom. The summed E-state index contributed by atoms with van der Waals surface area (Å²) in [5.74, 6) is -0.452. The van der Waals surface area contributed by atoms with E-state index in [0.717, 1.165) is 4.88 Å². The molecule has 0 fully saturated rings. The smallest absolute Gasteiger partial charge is 0.249 e. The second-order valence-electron chi connectivity index (χ2n) is 4.32. The van der Waals surface area contributed by atoms with E-state index in [9.17, 15) is 13.2 Å². The molecule has 0 aliphatic carbocycles. The van der Waals surface area contributed by atoms with Gasteiger partial charge in [0.25, 0.3) is 0 Å². The number of thiophene rings is 1. The molecular weight excluding hydrogens is 296 g/mol. The van der Waals surface area contributed by atoms with Crippen LogP contribution in [0.4, 0.5) is 5.69 Å². The summed E-state index contributed by atoms with van der Waals surface area (Å²) in [5, 5.41) is 4.82. The monoisotopic (exact) mass is 310 g/mol. The van der Waals surface area contributed by atoms with Crippen LogP contribution in [0.5, 0.6) is 0 Å². The largest absolute Gasteiger partial charge is 0.380 e. The summed E-state index contributed by atoms with van der Waals surface area (Å²) >= 11 is 1.43. The zero-order valence-electron chi connectivity index (χ0n) is 10.8. The van der Waals surface area contributed by atoms with E-state index < -0.39 is 15.7 Å². The van der Waals surface area contributed by atoms with E-state index in [-0.39, 0.29) is 4.90 Å². The van der Waals surface area contributed by atoms with Gasteiger partial charge >= 0.3 is 0 Å². The number of sulfone groups is 1. The number of nitrogens with two attached hydrogens (primary N) is 1. The molecule has 1 amide bonds. The minimum Gasteiger partial charge on any atom is -0.380 e. The summed E-state index contributed by atoms with van der Waals surface area (Å²) in [4.78, 5) is 12.2. The zero-order valence-corrected chi connectivity index (χ0v) is 12.4. The van der Waals surface area contributed by atoms with E-state index in [4.69, 9.17) is 5.73 Å². The fourth-order valence-corrected chi connectivity index (χ4v) is 3.11. The molecule has 3 N–H and O–H groups in total. The maximum absolute atomic E-state index is 11.5. The topological polar surface area (TPSA) is 89.3 Å². The van der Waals surface area contributed by atoms with Gasteiger partial charge in [0.1, 0.15) is 0 Å². The number of benzene rings is 1. The van der Waals surface area contributed by atoms with Crippen molar-refractivity contribution in [1.82, 2.24) is 0 Å². The number of primary amides is 1. The lowest BCUT2D eigenvalue weighted by molar-refractivity contribution is 0.100. The number of hydrogen-bond acceptors (Lipinski definition) is 5. The van der Waals surface area contributed by atoms with Gasteiger partial charge in [-0.15, -0.1) is 11.3 Å². The average Bonchev–Trinajstić information content (AvgIpc) is 2.85. The van der Waals surface area contributed by atoms with Gasteiger partial charge in [0, 0.05) is 28.7 Å². The molecule has 0 saturated heterocycles. The standard InChI is InChI=1S/C13H14N2O3S2/c1-20(17,18)12-4-2-3-10(6-12)15-7-11-5-9(8-19-11)13(14)16/h2-6,8,15H,7H2,1H3,(H2,14,16). The molecule has 0 aliphatic heterocycles. The molecule has 1 aromatic carbocycles. The summed E-state index contributed by atoms with van der Waals surface area (Å²) in [6, 6.07) is 8.33. The van der Waals surface area contributed by atoms with Gasteiger partial charge in [0.05, 0.1) is 10.5 Å². The third kappa shape index (κ3) is 3.58. The molecule has 2 aromatic rings. The Labute approximate surface area is 121 Å². The Morgan fingerprint density at radius 2 is 2.10 bits per heavy atom. The number of nitrogens with one attached hydrogen (secondary N) is 1. The fourth-order valence-electron chi connectivity index (χ4n) is 1.63. The normalized spacial score (nSPS) is 11.2. The van der Waals surface area contributed by atoms with Gasteiger partial charge in [-0.2, -0.15) is 0 Å². The van der Waals surface area contributed by atoms with Gasteiger partial charge in [-0.3, -0.25) is 4.79 Å². The van der Waals surface area contributed by atoms with Crippen LogP contribution < -0.4 is 11.1 Å². The van der Waals surface area contributed by atoms with Crippen LogP contribution in [0.3, 0.4) is 0 Å². The van der Waals surface area contributed by atoms with Gasteiger partial charge < -0.3 is 11.1 Å². The fraction of sp³-hybridized carbons (Fsp3) is 0.154. The Balaban J connectivity index is 2.09. The van der Waals surface area contributed by atoms with E-state index in [0.29, 0.717) is 17.8 Å². The highest BCUT2D eigenvalue weighted by Gasteiger charge is 2.08.